The number of ether oxygens (including phenoxy) is 1. The maximum atomic E-state index is 13.7. The second kappa shape index (κ2) is 7.25. The van der Waals surface area contributed by atoms with Crippen LogP contribution in [0.1, 0.15) is 48.1 Å². The second-order valence-electron chi connectivity index (χ2n) is 6.92. The molecule has 0 bridgehead atoms. The Bertz CT molecular complexity index is 770. The van der Waals surface area contributed by atoms with Crippen molar-refractivity contribution in [2.75, 3.05) is 13.7 Å². The average Bonchev–Trinajstić information content (AvgIpc) is 3.02. The van der Waals surface area contributed by atoms with Crippen LogP contribution >= 0.6 is 0 Å². The van der Waals surface area contributed by atoms with Crippen LogP contribution in [0.2, 0.25) is 0 Å². The number of methoxy groups -OCH3 is 1. The van der Waals surface area contributed by atoms with Crippen molar-refractivity contribution in [3.63, 3.8) is 0 Å². The van der Waals surface area contributed by atoms with E-state index in [-0.39, 0.29) is 17.6 Å². The van der Waals surface area contributed by atoms with E-state index in [9.17, 15) is 9.18 Å². The number of imidazole rings is 1. The molecule has 25 heavy (non-hydrogen) atoms. The molecule has 1 aliphatic heterocycles. The Labute approximate surface area is 147 Å². The van der Waals surface area contributed by atoms with Gasteiger partial charge in [-0.2, -0.15) is 0 Å². The van der Waals surface area contributed by atoms with E-state index in [1.807, 2.05) is 4.57 Å². The number of aryl methyl sites for hydroxylation is 1. The van der Waals surface area contributed by atoms with Gasteiger partial charge in [-0.15, -0.1) is 0 Å². The van der Waals surface area contributed by atoms with Gasteiger partial charge < -0.3 is 14.6 Å². The van der Waals surface area contributed by atoms with Crippen LogP contribution in [0.5, 0.6) is 5.75 Å². The van der Waals surface area contributed by atoms with Gasteiger partial charge in [-0.3, -0.25) is 4.79 Å². The first-order chi connectivity index (χ1) is 12.0. The molecule has 1 aliphatic rings. The Morgan fingerprint density at radius 1 is 1.48 bits per heavy atom. The van der Waals surface area contributed by atoms with Gasteiger partial charge in [0.25, 0.3) is 5.91 Å². The molecular weight excluding hydrogens is 321 g/mol. The highest BCUT2D eigenvalue weighted by Gasteiger charge is 2.25. The van der Waals surface area contributed by atoms with Crippen molar-refractivity contribution in [3.05, 3.63) is 47.3 Å². The van der Waals surface area contributed by atoms with Crippen molar-refractivity contribution >= 4 is 5.91 Å². The Kier molecular flexibility index (Phi) is 5.06. The number of nitrogens with zero attached hydrogens (tertiary/aromatic N) is 2. The van der Waals surface area contributed by atoms with E-state index in [1.54, 1.807) is 25.4 Å². The van der Waals surface area contributed by atoms with Gasteiger partial charge in [-0.25, -0.2) is 9.37 Å². The molecule has 0 aliphatic carbocycles. The third-order valence-electron chi connectivity index (χ3n) is 4.53. The minimum absolute atomic E-state index is 0.138. The molecule has 1 N–H and O–H groups in total. The molecule has 0 saturated heterocycles. The van der Waals surface area contributed by atoms with E-state index in [4.69, 9.17) is 4.74 Å². The first kappa shape index (κ1) is 17.5. The molecule has 6 heteroatoms. The predicted octanol–water partition coefficient (Wildman–Crippen LogP) is 3.15. The van der Waals surface area contributed by atoms with Crippen LogP contribution < -0.4 is 10.1 Å². The summed E-state index contributed by atoms with van der Waals surface area (Å²) >= 11 is 0. The topological polar surface area (TPSA) is 56.1 Å². The summed E-state index contributed by atoms with van der Waals surface area (Å²) in [5, 5.41) is 2.89. The van der Waals surface area contributed by atoms with Crippen LogP contribution in [0.4, 0.5) is 4.39 Å². The highest BCUT2D eigenvalue weighted by Crippen LogP contribution is 2.34. The van der Waals surface area contributed by atoms with Crippen molar-refractivity contribution in [3.8, 4) is 5.75 Å². The third-order valence-corrected chi connectivity index (χ3v) is 4.53. The molecule has 2 aromatic rings. The molecule has 134 valence electrons. The van der Waals surface area contributed by atoms with Crippen LogP contribution in [0.3, 0.4) is 0 Å². The molecule has 1 amide bonds. The van der Waals surface area contributed by atoms with Gasteiger partial charge in [-0.1, -0.05) is 13.8 Å². The van der Waals surface area contributed by atoms with Crippen molar-refractivity contribution in [2.24, 2.45) is 5.92 Å². The molecule has 1 unspecified atom stereocenters. The summed E-state index contributed by atoms with van der Waals surface area (Å²) in [6, 6.07) is 4.62. The summed E-state index contributed by atoms with van der Waals surface area (Å²) in [4.78, 5) is 16.7. The number of fused-ring (bicyclic) bond motifs is 1. The first-order valence-corrected chi connectivity index (χ1v) is 8.65. The lowest BCUT2D eigenvalue weighted by Gasteiger charge is -2.25. The van der Waals surface area contributed by atoms with Gasteiger partial charge in [0.05, 0.1) is 7.11 Å². The molecule has 5 nitrogen and oxygen atoms in total. The fourth-order valence-electron chi connectivity index (χ4n) is 3.22. The summed E-state index contributed by atoms with van der Waals surface area (Å²) in [6.45, 7) is 5.40. The fraction of sp³-hybridized carbons (Fsp3) is 0.474. The van der Waals surface area contributed by atoms with Crippen LogP contribution in [0.15, 0.2) is 24.4 Å². The van der Waals surface area contributed by atoms with E-state index < -0.39 is 0 Å². The SMILES string of the molecule is COc1ccc(F)cc1C1CCc2nc(C(=O)NCC(C)C)cn2C1. The zero-order chi connectivity index (χ0) is 18.0. The molecule has 2 heterocycles. The van der Waals surface area contributed by atoms with Gasteiger partial charge in [0.15, 0.2) is 0 Å². The van der Waals surface area contributed by atoms with Gasteiger partial charge in [0.1, 0.15) is 23.1 Å². The van der Waals surface area contributed by atoms with E-state index in [1.165, 1.54) is 6.07 Å². The van der Waals surface area contributed by atoms with Gasteiger partial charge in [0, 0.05) is 37.2 Å². The van der Waals surface area contributed by atoms with Crippen molar-refractivity contribution in [2.45, 2.75) is 39.2 Å². The zero-order valence-corrected chi connectivity index (χ0v) is 14.9. The summed E-state index contributed by atoms with van der Waals surface area (Å²) in [5.74, 6) is 1.73. The molecule has 1 aromatic heterocycles. The smallest absolute Gasteiger partial charge is 0.271 e. The Balaban J connectivity index is 1.78. The number of amides is 1. The number of rotatable bonds is 5. The molecule has 0 spiro atoms. The first-order valence-electron chi connectivity index (χ1n) is 8.65. The lowest BCUT2D eigenvalue weighted by Crippen LogP contribution is -2.27. The molecule has 3 rings (SSSR count). The van der Waals surface area contributed by atoms with Crippen LogP contribution in [0, 0.1) is 11.7 Å². The number of benzene rings is 1. The van der Waals surface area contributed by atoms with Gasteiger partial charge in [-0.05, 0) is 30.5 Å². The predicted molar refractivity (Wildman–Crippen MR) is 93.4 cm³/mol. The molecule has 0 radical (unpaired) electrons. The Morgan fingerprint density at radius 2 is 2.28 bits per heavy atom. The van der Waals surface area contributed by atoms with E-state index in [0.29, 0.717) is 30.5 Å². The molecule has 1 aromatic carbocycles. The zero-order valence-electron chi connectivity index (χ0n) is 14.9. The lowest BCUT2D eigenvalue weighted by molar-refractivity contribution is 0.0944. The minimum Gasteiger partial charge on any atom is -0.496 e. The van der Waals surface area contributed by atoms with Gasteiger partial charge >= 0.3 is 0 Å². The fourth-order valence-corrected chi connectivity index (χ4v) is 3.22. The lowest BCUT2D eigenvalue weighted by atomic mass is 9.91. The number of hydrogen-bond acceptors (Lipinski definition) is 3. The normalized spacial score (nSPS) is 16.6. The Hall–Kier alpha value is -2.37. The van der Waals surface area contributed by atoms with Crippen LogP contribution in [-0.4, -0.2) is 29.1 Å². The number of hydrogen-bond donors (Lipinski definition) is 1. The highest BCUT2D eigenvalue weighted by atomic mass is 19.1. The van der Waals surface area contributed by atoms with Crippen molar-refractivity contribution < 1.29 is 13.9 Å². The number of nitrogens with one attached hydrogen (secondary N) is 1. The summed E-state index contributed by atoms with van der Waals surface area (Å²) in [7, 11) is 1.60. The average molecular weight is 345 g/mol. The number of carbonyl (C=O) groups excluding carboxylic acids is 1. The largest absolute Gasteiger partial charge is 0.496 e. The molecular formula is C19H24FN3O2. The van der Waals surface area contributed by atoms with E-state index >= 15 is 0 Å². The second-order valence-corrected chi connectivity index (χ2v) is 6.92. The van der Waals surface area contributed by atoms with Crippen LogP contribution in [0.25, 0.3) is 0 Å². The maximum absolute atomic E-state index is 13.7. The van der Waals surface area contributed by atoms with Crippen molar-refractivity contribution in [1.29, 1.82) is 0 Å². The molecule has 0 saturated carbocycles. The van der Waals surface area contributed by atoms with Crippen molar-refractivity contribution in [1.82, 2.24) is 14.9 Å². The van der Waals surface area contributed by atoms with E-state index in [0.717, 1.165) is 24.2 Å². The standard InChI is InChI=1S/C19H24FN3O2/c1-12(2)9-21-19(24)16-11-23-10-13(4-7-18(23)22-16)15-8-14(20)5-6-17(15)25-3/h5-6,8,11-13H,4,7,9-10H2,1-3H3,(H,21,24). The minimum atomic E-state index is -0.263. The van der Waals surface area contributed by atoms with E-state index in [2.05, 4.69) is 24.1 Å². The number of halogens is 1. The molecule has 0 fully saturated rings. The van der Waals surface area contributed by atoms with Gasteiger partial charge in [0.2, 0.25) is 0 Å². The summed E-state index contributed by atoms with van der Waals surface area (Å²) in [5.41, 5.74) is 1.31. The summed E-state index contributed by atoms with van der Waals surface area (Å²) < 4.78 is 21.1. The number of aromatic nitrogens is 2. The number of carbonyl (C=O) groups is 1. The third kappa shape index (κ3) is 3.83. The Morgan fingerprint density at radius 3 is 3.00 bits per heavy atom. The summed E-state index contributed by atoms with van der Waals surface area (Å²) in [6.07, 6.45) is 3.40. The van der Waals surface area contributed by atoms with Crippen LogP contribution in [-0.2, 0) is 13.0 Å². The molecule has 1 atom stereocenters. The maximum Gasteiger partial charge on any atom is 0.271 e. The highest BCUT2D eigenvalue weighted by molar-refractivity contribution is 5.92. The monoisotopic (exact) mass is 345 g/mol. The quantitative estimate of drug-likeness (QED) is 0.906.